The van der Waals surface area contributed by atoms with Crippen molar-refractivity contribution in [3.05, 3.63) is 59.7 Å². The minimum Gasteiger partial charge on any atom is -0.350 e. The second-order valence-corrected chi connectivity index (χ2v) is 7.48. The zero-order valence-corrected chi connectivity index (χ0v) is 16.7. The molecule has 1 heterocycles. The van der Waals surface area contributed by atoms with Crippen molar-refractivity contribution >= 4 is 34.6 Å². The van der Waals surface area contributed by atoms with Crippen molar-refractivity contribution in [3.8, 4) is 0 Å². The van der Waals surface area contributed by atoms with Crippen LogP contribution in [0.25, 0.3) is 11.0 Å². The number of fused-ring (bicyclic) bond motifs is 1. The van der Waals surface area contributed by atoms with Gasteiger partial charge in [-0.05, 0) is 41.6 Å². The maximum Gasteiger partial charge on any atom is 0.291 e. The van der Waals surface area contributed by atoms with Crippen LogP contribution in [0.15, 0.2) is 53.7 Å². The summed E-state index contributed by atoms with van der Waals surface area (Å²) in [4.78, 5) is 30.0. The second kappa shape index (κ2) is 9.04. The van der Waals surface area contributed by atoms with Crippen LogP contribution >= 0.6 is 11.8 Å². The van der Waals surface area contributed by atoms with Gasteiger partial charge in [0, 0.05) is 26.2 Å². The number of hydrogen-bond acceptors (Lipinski definition) is 4. The lowest BCUT2D eigenvalue weighted by molar-refractivity contribution is -0.121. The highest BCUT2D eigenvalue weighted by molar-refractivity contribution is 7.99. The molecule has 0 atom stereocenters. The van der Waals surface area contributed by atoms with Crippen molar-refractivity contribution in [1.82, 2.24) is 19.8 Å². The van der Waals surface area contributed by atoms with Gasteiger partial charge in [0.2, 0.25) is 5.91 Å². The molecular weight excluding hydrogens is 398 g/mol. The molecule has 0 aliphatic rings. The fourth-order valence-electron chi connectivity index (χ4n) is 2.80. The Bertz CT molecular complexity index is 1020. The minimum absolute atomic E-state index is 0.0999. The van der Waals surface area contributed by atoms with Crippen molar-refractivity contribution in [2.75, 3.05) is 14.1 Å². The number of para-hydroxylation sites is 2. The summed E-state index contributed by atoms with van der Waals surface area (Å²) < 4.78 is 27.2. The summed E-state index contributed by atoms with van der Waals surface area (Å²) in [5, 5.41) is 2.87. The van der Waals surface area contributed by atoms with E-state index in [-0.39, 0.29) is 30.1 Å². The van der Waals surface area contributed by atoms with Crippen LogP contribution in [0.1, 0.15) is 15.9 Å². The lowest BCUT2D eigenvalue weighted by Gasteiger charge is -2.11. The quantitative estimate of drug-likeness (QED) is 0.598. The predicted molar refractivity (Wildman–Crippen MR) is 108 cm³/mol. The Morgan fingerprint density at radius 2 is 1.83 bits per heavy atom. The van der Waals surface area contributed by atoms with E-state index in [1.54, 1.807) is 62.6 Å². The third-order valence-corrected chi connectivity index (χ3v) is 4.91. The number of halogens is 2. The van der Waals surface area contributed by atoms with Crippen LogP contribution in [-0.4, -0.2) is 46.1 Å². The molecule has 0 saturated heterocycles. The number of amides is 2. The summed E-state index contributed by atoms with van der Waals surface area (Å²) in [5.74, 6) is -3.05. The number of alkyl halides is 2. The van der Waals surface area contributed by atoms with E-state index in [9.17, 15) is 18.4 Å². The molecule has 2 aromatic carbocycles. The average molecular weight is 418 g/mol. The molecule has 1 aromatic heterocycles. The van der Waals surface area contributed by atoms with Crippen LogP contribution in [0.3, 0.4) is 0 Å². The first-order valence-electron chi connectivity index (χ1n) is 8.82. The maximum atomic E-state index is 12.9. The molecule has 9 heteroatoms. The molecule has 0 aliphatic heterocycles. The van der Waals surface area contributed by atoms with Crippen LogP contribution in [0.2, 0.25) is 0 Å². The van der Waals surface area contributed by atoms with E-state index in [1.807, 2.05) is 0 Å². The average Bonchev–Trinajstić information content (AvgIpc) is 3.02. The lowest BCUT2D eigenvalue weighted by atomic mass is 10.1. The molecule has 3 rings (SSSR count). The SMILES string of the molecule is CN(C)C(=O)c1ccc(CNC(=O)Cn2c(SC(F)F)nc3ccccc32)cc1. The Morgan fingerprint density at radius 1 is 1.14 bits per heavy atom. The molecule has 0 fully saturated rings. The predicted octanol–water partition coefficient (Wildman–Crippen LogP) is 3.37. The van der Waals surface area contributed by atoms with Gasteiger partial charge in [0.25, 0.3) is 11.7 Å². The molecule has 0 saturated carbocycles. The summed E-state index contributed by atoms with van der Waals surface area (Å²) in [5.41, 5.74) is 2.57. The number of rotatable bonds is 7. The molecule has 0 spiro atoms. The fourth-order valence-corrected chi connectivity index (χ4v) is 3.40. The van der Waals surface area contributed by atoms with Gasteiger partial charge in [-0.3, -0.25) is 9.59 Å². The standard InChI is InChI=1S/C20H20F2N4O2S/c1-25(2)18(28)14-9-7-13(8-10-14)11-23-17(27)12-26-16-6-4-3-5-15(16)24-20(26)29-19(21)22/h3-10,19H,11-12H2,1-2H3,(H,23,27). The Labute approximate surface area is 170 Å². The van der Waals surface area contributed by atoms with Crippen LogP contribution in [0, 0.1) is 0 Å². The number of carbonyl (C=O) groups excluding carboxylic acids is 2. The van der Waals surface area contributed by atoms with Gasteiger partial charge in [-0.1, -0.05) is 24.3 Å². The summed E-state index contributed by atoms with van der Waals surface area (Å²) in [6.07, 6.45) is 0. The topological polar surface area (TPSA) is 67.2 Å². The molecule has 0 aliphatic carbocycles. The summed E-state index contributed by atoms with van der Waals surface area (Å²) in [6.45, 7) is 0.145. The number of imidazole rings is 1. The Kier molecular flexibility index (Phi) is 6.48. The first kappa shape index (κ1) is 20.8. The Balaban J connectivity index is 1.67. The van der Waals surface area contributed by atoms with Crippen molar-refractivity contribution in [2.24, 2.45) is 0 Å². The summed E-state index contributed by atoms with van der Waals surface area (Å²) in [6, 6.07) is 13.9. The molecule has 1 N–H and O–H groups in total. The van der Waals surface area contributed by atoms with Crippen molar-refractivity contribution < 1.29 is 18.4 Å². The summed E-state index contributed by atoms with van der Waals surface area (Å²) in [7, 11) is 3.35. The van der Waals surface area contributed by atoms with Gasteiger partial charge in [-0.2, -0.15) is 8.78 Å². The number of nitrogens with zero attached hydrogens (tertiary/aromatic N) is 3. The molecule has 0 unspecified atom stereocenters. The van der Waals surface area contributed by atoms with E-state index < -0.39 is 5.76 Å². The highest BCUT2D eigenvalue weighted by Gasteiger charge is 2.17. The van der Waals surface area contributed by atoms with Crippen molar-refractivity contribution in [3.63, 3.8) is 0 Å². The van der Waals surface area contributed by atoms with Gasteiger partial charge in [-0.25, -0.2) is 4.98 Å². The molecule has 152 valence electrons. The maximum absolute atomic E-state index is 12.9. The molecule has 2 amide bonds. The fraction of sp³-hybridized carbons (Fsp3) is 0.250. The smallest absolute Gasteiger partial charge is 0.291 e. The molecule has 3 aromatic rings. The van der Waals surface area contributed by atoms with E-state index in [1.165, 1.54) is 9.47 Å². The molecule has 0 bridgehead atoms. The van der Waals surface area contributed by atoms with Gasteiger partial charge in [-0.15, -0.1) is 0 Å². The van der Waals surface area contributed by atoms with E-state index in [0.717, 1.165) is 5.56 Å². The molecule has 6 nitrogen and oxygen atoms in total. The van der Waals surface area contributed by atoms with Gasteiger partial charge in [0.05, 0.1) is 11.0 Å². The van der Waals surface area contributed by atoms with Crippen LogP contribution in [-0.2, 0) is 17.9 Å². The van der Waals surface area contributed by atoms with E-state index in [4.69, 9.17) is 0 Å². The van der Waals surface area contributed by atoms with E-state index in [0.29, 0.717) is 28.4 Å². The second-order valence-electron chi connectivity index (χ2n) is 6.52. The Hall–Kier alpha value is -2.94. The highest BCUT2D eigenvalue weighted by Crippen LogP contribution is 2.28. The van der Waals surface area contributed by atoms with Crippen LogP contribution in [0.5, 0.6) is 0 Å². The van der Waals surface area contributed by atoms with Gasteiger partial charge in [0.15, 0.2) is 5.16 Å². The van der Waals surface area contributed by atoms with Crippen molar-refractivity contribution in [2.45, 2.75) is 24.0 Å². The monoisotopic (exact) mass is 418 g/mol. The number of thioether (sulfide) groups is 1. The van der Waals surface area contributed by atoms with E-state index in [2.05, 4.69) is 10.3 Å². The zero-order chi connectivity index (χ0) is 21.0. The number of aromatic nitrogens is 2. The van der Waals surface area contributed by atoms with Gasteiger partial charge < -0.3 is 14.8 Å². The van der Waals surface area contributed by atoms with Gasteiger partial charge >= 0.3 is 0 Å². The molecule has 0 radical (unpaired) electrons. The van der Waals surface area contributed by atoms with Crippen LogP contribution in [0.4, 0.5) is 8.78 Å². The summed E-state index contributed by atoms with van der Waals surface area (Å²) >= 11 is 0.316. The number of benzene rings is 2. The first-order chi connectivity index (χ1) is 13.8. The third-order valence-electron chi connectivity index (χ3n) is 4.21. The van der Waals surface area contributed by atoms with Crippen LogP contribution < -0.4 is 5.32 Å². The first-order valence-corrected chi connectivity index (χ1v) is 9.70. The number of nitrogens with one attached hydrogen (secondary N) is 1. The minimum atomic E-state index is -2.63. The molecule has 29 heavy (non-hydrogen) atoms. The number of carbonyl (C=O) groups is 2. The third kappa shape index (κ3) is 5.11. The highest BCUT2D eigenvalue weighted by atomic mass is 32.2. The lowest BCUT2D eigenvalue weighted by Crippen LogP contribution is -2.27. The van der Waals surface area contributed by atoms with E-state index >= 15 is 0 Å². The number of hydrogen-bond donors (Lipinski definition) is 1. The van der Waals surface area contributed by atoms with Gasteiger partial charge in [0.1, 0.15) is 6.54 Å². The zero-order valence-electron chi connectivity index (χ0n) is 15.9. The van der Waals surface area contributed by atoms with Crippen molar-refractivity contribution in [1.29, 1.82) is 0 Å². The largest absolute Gasteiger partial charge is 0.350 e. The Morgan fingerprint density at radius 3 is 2.48 bits per heavy atom. The molecular formula is C20H20F2N4O2S. The normalized spacial score (nSPS) is 11.1.